The van der Waals surface area contributed by atoms with Crippen molar-refractivity contribution in [2.75, 3.05) is 52.4 Å². The van der Waals surface area contributed by atoms with Crippen LogP contribution >= 0.6 is 0 Å². The summed E-state index contributed by atoms with van der Waals surface area (Å²) in [6.07, 6.45) is -0.187. The van der Waals surface area contributed by atoms with Gasteiger partial charge in [0.1, 0.15) is 5.60 Å². The molecule has 0 aromatic heterocycles. The van der Waals surface area contributed by atoms with Gasteiger partial charge in [0.05, 0.1) is 0 Å². The molecule has 4 aliphatic heterocycles. The van der Waals surface area contributed by atoms with Crippen LogP contribution in [-0.4, -0.2) is 113 Å². The van der Waals surface area contributed by atoms with E-state index in [1.807, 2.05) is 25.7 Å². The highest BCUT2D eigenvalue weighted by Gasteiger charge is 2.42. The molecule has 4 fully saturated rings. The van der Waals surface area contributed by atoms with E-state index in [1.54, 1.807) is 0 Å². The number of hydrogen-bond acceptors (Lipinski definition) is 7. The summed E-state index contributed by atoms with van der Waals surface area (Å²) in [6.45, 7) is 17.7. The van der Waals surface area contributed by atoms with E-state index in [-0.39, 0.29) is 6.09 Å². The van der Waals surface area contributed by atoms with Crippen molar-refractivity contribution in [3.63, 3.8) is 0 Å². The van der Waals surface area contributed by atoms with Gasteiger partial charge in [-0.1, -0.05) is 121 Å². The minimum absolute atomic E-state index is 0.187. The minimum Gasteiger partial charge on any atom is -0.444 e. The zero-order valence-corrected chi connectivity index (χ0v) is 31.9. The summed E-state index contributed by atoms with van der Waals surface area (Å²) in [5.41, 5.74) is 5.06. The molecule has 8 nitrogen and oxygen atoms in total. The van der Waals surface area contributed by atoms with Gasteiger partial charge in [-0.2, -0.15) is 0 Å². The first-order valence-corrected chi connectivity index (χ1v) is 19.6. The number of amides is 1. The highest BCUT2D eigenvalue weighted by atomic mass is 16.6. The van der Waals surface area contributed by atoms with Crippen LogP contribution in [0.4, 0.5) is 4.79 Å². The number of piperazine rings is 4. The van der Waals surface area contributed by atoms with E-state index in [1.165, 1.54) is 22.3 Å². The number of benzene rings is 4. The van der Waals surface area contributed by atoms with Crippen molar-refractivity contribution in [1.82, 2.24) is 29.8 Å². The molecule has 1 amide bonds. The Morgan fingerprint density at radius 3 is 1.25 bits per heavy atom. The Labute approximate surface area is 317 Å². The molecule has 1 N–H and O–H groups in total. The molecular formula is C45H58N6O2. The summed E-state index contributed by atoms with van der Waals surface area (Å²) in [5.74, 6) is 0. The molecule has 0 spiro atoms. The number of carbonyl (C=O) groups is 1. The average Bonchev–Trinajstić information content (AvgIpc) is 3.13. The quantitative estimate of drug-likeness (QED) is 0.229. The summed E-state index contributed by atoms with van der Waals surface area (Å²) in [4.78, 5) is 25.2. The molecule has 4 aliphatic rings. The van der Waals surface area contributed by atoms with E-state index >= 15 is 0 Å². The zero-order chi connectivity index (χ0) is 36.6. The van der Waals surface area contributed by atoms with Crippen molar-refractivity contribution in [3.8, 4) is 0 Å². The Kier molecular flexibility index (Phi) is 12.2. The van der Waals surface area contributed by atoms with E-state index in [0.717, 1.165) is 65.4 Å². The third-order valence-electron chi connectivity index (χ3n) is 10.9. The van der Waals surface area contributed by atoms with Crippen LogP contribution in [0.25, 0.3) is 0 Å². The van der Waals surface area contributed by atoms with Gasteiger partial charge in [0.2, 0.25) is 0 Å². The molecule has 280 valence electrons. The van der Waals surface area contributed by atoms with Gasteiger partial charge < -0.3 is 15.0 Å². The molecule has 4 unspecified atom stereocenters. The van der Waals surface area contributed by atoms with Crippen LogP contribution in [0, 0.1) is 0 Å². The van der Waals surface area contributed by atoms with Gasteiger partial charge >= 0.3 is 6.09 Å². The van der Waals surface area contributed by atoms with Crippen molar-refractivity contribution < 1.29 is 9.53 Å². The molecule has 8 heteroatoms. The molecule has 8 rings (SSSR count). The molecule has 0 aliphatic carbocycles. The molecule has 0 radical (unpaired) electrons. The number of carbonyl (C=O) groups excluding carboxylic acids is 1. The van der Waals surface area contributed by atoms with Gasteiger partial charge in [0, 0.05) is 103 Å². The number of hydrogen-bond donors (Lipinski definition) is 1. The van der Waals surface area contributed by atoms with Crippen LogP contribution < -0.4 is 5.32 Å². The first-order chi connectivity index (χ1) is 25.8. The fourth-order valence-corrected chi connectivity index (χ4v) is 8.57. The molecule has 4 heterocycles. The van der Waals surface area contributed by atoms with Gasteiger partial charge in [-0.25, -0.2) is 4.79 Å². The van der Waals surface area contributed by atoms with Crippen LogP contribution in [-0.2, 0) is 30.9 Å². The molecule has 0 saturated carbocycles. The third-order valence-corrected chi connectivity index (χ3v) is 10.9. The van der Waals surface area contributed by atoms with E-state index in [9.17, 15) is 4.79 Å². The Balaban J connectivity index is 0.000000170. The minimum atomic E-state index is -0.466. The molecule has 4 saturated heterocycles. The first-order valence-electron chi connectivity index (χ1n) is 19.6. The summed E-state index contributed by atoms with van der Waals surface area (Å²) in [7, 11) is 0. The second-order valence-corrected chi connectivity index (χ2v) is 16.3. The fourth-order valence-electron chi connectivity index (χ4n) is 8.57. The van der Waals surface area contributed by atoms with Crippen LogP contribution in [0.2, 0.25) is 0 Å². The summed E-state index contributed by atoms with van der Waals surface area (Å²) in [6, 6.07) is 44.9. The molecule has 4 atom stereocenters. The molecule has 4 aromatic rings. The predicted octanol–water partition coefficient (Wildman–Crippen LogP) is 6.34. The SMILES string of the molecule is CC(C)(C)OC(=O)N1CC2CN(Cc3ccccc3)CC(C1)N2Cc1ccccc1.c1ccc(CN2CC3CNCC(C2)N3Cc2ccccc2)cc1. The predicted molar refractivity (Wildman–Crippen MR) is 213 cm³/mol. The maximum absolute atomic E-state index is 12.8. The lowest BCUT2D eigenvalue weighted by Gasteiger charge is -2.53. The highest BCUT2D eigenvalue weighted by molar-refractivity contribution is 5.68. The fraction of sp³-hybridized carbons (Fsp3) is 0.444. The average molecular weight is 715 g/mol. The summed E-state index contributed by atoms with van der Waals surface area (Å²) in [5, 5.41) is 3.62. The highest BCUT2D eigenvalue weighted by Crippen LogP contribution is 2.28. The van der Waals surface area contributed by atoms with E-state index < -0.39 is 5.60 Å². The topological polar surface area (TPSA) is 54.5 Å². The third kappa shape index (κ3) is 10.3. The van der Waals surface area contributed by atoms with Gasteiger partial charge in [0.15, 0.2) is 0 Å². The van der Waals surface area contributed by atoms with Crippen LogP contribution in [0.3, 0.4) is 0 Å². The van der Waals surface area contributed by atoms with Gasteiger partial charge in [-0.05, 0) is 43.0 Å². The van der Waals surface area contributed by atoms with Crippen LogP contribution in [0.1, 0.15) is 43.0 Å². The standard InChI is InChI=1S/C25H33N3O2.C20H25N3/c1-25(2,3)30-24(29)27-18-22-16-26(14-20-10-6-4-7-11-20)17-23(19-27)28(22)15-21-12-8-5-9-13-21;1-3-7-17(8-4-1)13-22-15-19-11-21-12-20(16-22)23(19)14-18-9-5-2-6-10-18/h4-13,22-23H,14-19H2,1-3H3;1-10,19-21H,11-16H2. The maximum Gasteiger partial charge on any atom is 0.410 e. The van der Waals surface area contributed by atoms with Crippen molar-refractivity contribution in [2.24, 2.45) is 0 Å². The number of nitrogens with zero attached hydrogens (tertiary/aromatic N) is 5. The van der Waals surface area contributed by atoms with Crippen molar-refractivity contribution in [1.29, 1.82) is 0 Å². The molecule has 4 aromatic carbocycles. The second kappa shape index (κ2) is 17.4. The Bertz CT molecular complexity index is 1670. The lowest BCUT2D eigenvalue weighted by Crippen LogP contribution is -2.68. The van der Waals surface area contributed by atoms with E-state index in [2.05, 4.69) is 146 Å². The van der Waals surface area contributed by atoms with Gasteiger partial charge in [-0.15, -0.1) is 0 Å². The monoisotopic (exact) mass is 714 g/mol. The van der Waals surface area contributed by atoms with Gasteiger partial charge in [-0.3, -0.25) is 19.6 Å². The van der Waals surface area contributed by atoms with Crippen LogP contribution in [0.5, 0.6) is 0 Å². The van der Waals surface area contributed by atoms with Crippen molar-refractivity contribution >= 4 is 6.09 Å². The van der Waals surface area contributed by atoms with Crippen LogP contribution in [0.15, 0.2) is 121 Å². The maximum atomic E-state index is 12.8. The molecule has 4 bridgehead atoms. The van der Waals surface area contributed by atoms with E-state index in [4.69, 9.17) is 4.74 Å². The van der Waals surface area contributed by atoms with Gasteiger partial charge in [0.25, 0.3) is 0 Å². The lowest BCUT2D eigenvalue weighted by molar-refractivity contribution is -0.0586. The summed E-state index contributed by atoms with van der Waals surface area (Å²) < 4.78 is 5.67. The number of ether oxygens (including phenoxy) is 1. The lowest BCUT2D eigenvalue weighted by atomic mass is 9.98. The van der Waals surface area contributed by atoms with Crippen molar-refractivity contribution in [3.05, 3.63) is 144 Å². The second-order valence-electron chi connectivity index (χ2n) is 16.3. The number of fused-ring (bicyclic) bond motifs is 4. The first kappa shape index (κ1) is 37.3. The van der Waals surface area contributed by atoms with E-state index in [0.29, 0.717) is 37.3 Å². The molecule has 53 heavy (non-hydrogen) atoms. The normalized spacial score (nSPS) is 23.9. The van der Waals surface area contributed by atoms with Crippen molar-refractivity contribution in [2.45, 2.75) is 76.7 Å². The zero-order valence-electron chi connectivity index (χ0n) is 31.9. The molecular weight excluding hydrogens is 657 g/mol. The Morgan fingerprint density at radius 2 is 0.868 bits per heavy atom. The Morgan fingerprint density at radius 1 is 0.528 bits per heavy atom. The largest absolute Gasteiger partial charge is 0.444 e. The summed E-state index contributed by atoms with van der Waals surface area (Å²) >= 11 is 0. The number of rotatable bonds is 8. The Hall–Kier alpha value is -4.05. The smallest absolute Gasteiger partial charge is 0.410 e. The number of nitrogens with one attached hydrogen (secondary N) is 1.